The Morgan fingerprint density at radius 3 is 2.74 bits per heavy atom. The molecule has 100 valence electrons. The van der Waals surface area contributed by atoms with E-state index in [1.54, 1.807) is 23.1 Å². The van der Waals surface area contributed by atoms with Gasteiger partial charge in [-0.05, 0) is 18.2 Å². The third kappa shape index (κ3) is 2.21. The second-order valence-electron chi connectivity index (χ2n) is 4.66. The Morgan fingerprint density at radius 2 is 2.00 bits per heavy atom. The topological polar surface area (TPSA) is 67.9 Å². The summed E-state index contributed by atoms with van der Waals surface area (Å²) in [5.74, 6) is 1.12. The van der Waals surface area contributed by atoms with Gasteiger partial charge in [0.15, 0.2) is 11.5 Å². The van der Waals surface area contributed by atoms with E-state index in [2.05, 4.69) is 5.32 Å². The minimum atomic E-state index is -0.161. The lowest BCUT2D eigenvalue weighted by molar-refractivity contribution is -0.133. The van der Waals surface area contributed by atoms with E-state index < -0.39 is 0 Å². The van der Waals surface area contributed by atoms with Crippen molar-refractivity contribution in [1.29, 1.82) is 0 Å². The molecule has 1 fully saturated rings. The summed E-state index contributed by atoms with van der Waals surface area (Å²) in [6, 6.07) is 5.12. The van der Waals surface area contributed by atoms with E-state index >= 15 is 0 Å². The van der Waals surface area contributed by atoms with Crippen LogP contribution in [0.4, 0.5) is 0 Å². The Bertz CT molecular complexity index is 537. The van der Waals surface area contributed by atoms with Crippen LogP contribution < -0.4 is 14.8 Å². The molecule has 6 heteroatoms. The van der Waals surface area contributed by atoms with Gasteiger partial charge in [-0.3, -0.25) is 9.59 Å². The smallest absolute Gasteiger partial charge is 0.251 e. The molecule has 1 saturated heterocycles. The molecular weight excluding hydrogens is 248 g/mol. The van der Waals surface area contributed by atoms with E-state index in [0.29, 0.717) is 30.2 Å². The first-order valence-electron chi connectivity index (χ1n) is 6.09. The summed E-state index contributed by atoms with van der Waals surface area (Å²) in [6.45, 7) is 2.86. The van der Waals surface area contributed by atoms with Crippen LogP contribution in [0.1, 0.15) is 17.3 Å². The van der Waals surface area contributed by atoms with E-state index in [-0.39, 0.29) is 24.6 Å². The largest absolute Gasteiger partial charge is 0.454 e. The molecule has 2 amide bonds. The Morgan fingerprint density at radius 1 is 1.26 bits per heavy atom. The maximum Gasteiger partial charge on any atom is 0.251 e. The van der Waals surface area contributed by atoms with Gasteiger partial charge < -0.3 is 19.7 Å². The van der Waals surface area contributed by atoms with Crippen LogP contribution in [-0.2, 0) is 4.79 Å². The van der Waals surface area contributed by atoms with Crippen LogP contribution in [0.15, 0.2) is 18.2 Å². The van der Waals surface area contributed by atoms with E-state index in [1.807, 2.05) is 0 Å². The Labute approximate surface area is 110 Å². The average Bonchev–Trinajstić information content (AvgIpc) is 2.79. The summed E-state index contributed by atoms with van der Waals surface area (Å²) in [6.07, 6.45) is 0. The molecule has 0 aliphatic carbocycles. The highest BCUT2D eigenvalue weighted by Gasteiger charge is 2.30. The van der Waals surface area contributed by atoms with E-state index in [4.69, 9.17) is 9.47 Å². The summed E-state index contributed by atoms with van der Waals surface area (Å²) in [7, 11) is 0. The fraction of sp³-hybridized carbons (Fsp3) is 0.385. The van der Waals surface area contributed by atoms with Gasteiger partial charge in [0.25, 0.3) is 5.91 Å². The summed E-state index contributed by atoms with van der Waals surface area (Å²) in [5.41, 5.74) is 0.533. The third-order valence-electron chi connectivity index (χ3n) is 3.30. The predicted octanol–water partition coefficient (Wildman–Crippen LogP) is 0.376. The van der Waals surface area contributed by atoms with Crippen LogP contribution in [0.25, 0.3) is 0 Å². The number of nitrogens with one attached hydrogen (secondary N) is 1. The average molecular weight is 262 g/mol. The SMILES string of the molecule is CC(=O)N1CC(NC(=O)c2ccc3c(c2)OCO3)C1. The maximum absolute atomic E-state index is 12.0. The van der Waals surface area contributed by atoms with Crippen molar-refractivity contribution in [3.05, 3.63) is 23.8 Å². The summed E-state index contributed by atoms with van der Waals surface area (Å²) in [4.78, 5) is 24.7. The van der Waals surface area contributed by atoms with Crippen molar-refractivity contribution in [1.82, 2.24) is 10.2 Å². The summed E-state index contributed by atoms with van der Waals surface area (Å²) < 4.78 is 10.4. The second-order valence-corrected chi connectivity index (χ2v) is 4.66. The number of amides is 2. The number of carbonyl (C=O) groups excluding carboxylic acids is 2. The van der Waals surface area contributed by atoms with Crippen molar-refractivity contribution in [2.24, 2.45) is 0 Å². The lowest BCUT2D eigenvalue weighted by Crippen LogP contribution is -2.60. The fourth-order valence-corrected chi connectivity index (χ4v) is 2.13. The van der Waals surface area contributed by atoms with Crippen molar-refractivity contribution >= 4 is 11.8 Å². The molecule has 0 bridgehead atoms. The highest BCUT2D eigenvalue weighted by atomic mass is 16.7. The molecule has 0 atom stereocenters. The predicted molar refractivity (Wildman–Crippen MR) is 66.1 cm³/mol. The zero-order valence-electron chi connectivity index (χ0n) is 10.5. The minimum absolute atomic E-state index is 0.0295. The second kappa shape index (κ2) is 4.46. The molecule has 2 aliphatic heterocycles. The molecule has 1 aromatic rings. The molecule has 0 spiro atoms. The molecule has 1 aromatic carbocycles. The van der Waals surface area contributed by atoms with E-state index in [1.165, 1.54) is 6.92 Å². The number of benzene rings is 1. The van der Waals surface area contributed by atoms with Gasteiger partial charge in [0.2, 0.25) is 12.7 Å². The molecule has 0 radical (unpaired) electrons. The van der Waals surface area contributed by atoms with Gasteiger partial charge in [-0.25, -0.2) is 0 Å². The van der Waals surface area contributed by atoms with Crippen LogP contribution in [0.5, 0.6) is 11.5 Å². The zero-order chi connectivity index (χ0) is 13.4. The number of likely N-dealkylation sites (tertiary alicyclic amines) is 1. The van der Waals surface area contributed by atoms with Gasteiger partial charge in [0.1, 0.15) is 0 Å². The van der Waals surface area contributed by atoms with Crippen LogP contribution in [0.2, 0.25) is 0 Å². The molecule has 6 nitrogen and oxygen atoms in total. The first kappa shape index (κ1) is 11.8. The maximum atomic E-state index is 12.0. The van der Waals surface area contributed by atoms with Gasteiger partial charge in [0.05, 0.1) is 6.04 Å². The summed E-state index contributed by atoms with van der Waals surface area (Å²) >= 11 is 0. The Hall–Kier alpha value is -2.24. The van der Waals surface area contributed by atoms with E-state index in [0.717, 1.165) is 0 Å². The van der Waals surface area contributed by atoms with Crippen LogP contribution in [0.3, 0.4) is 0 Å². The number of hydrogen-bond donors (Lipinski definition) is 1. The molecule has 0 unspecified atom stereocenters. The molecule has 1 N–H and O–H groups in total. The van der Waals surface area contributed by atoms with Crippen molar-refractivity contribution in [2.75, 3.05) is 19.9 Å². The fourth-order valence-electron chi connectivity index (χ4n) is 2.13. The Balaban J connectivity index is 1.61. The molecule has 0 aromatic heterocycles. The first-order chi connectivity index (χ1) is 9.13. The van der Waals surface area contributed by atoms with Gasteiger partial charge >= 0.3 is 0 Å². The standard InChI is InChI=1S/C13H14N2O4/c1-8(16)15-5-10(6-15)14-13(17)9-2-3-11-12(4-9)19-7-18-11/h2-4,10H,5-7H2,1H3,(H,14,17). The molecule has 2 heterocycles. The van der Waals surface area contributed by atoms with Crippen LogP contribution >= 0.6 is 0 Å². The lowest BCUT2D eigenvalue weighted by Gasteiger charge is -2.38. The number of carbonyl (C=O) groups is 2. The quantitative estimate of drug-likeness (QED) is 0.836. The van der Waals surface area contributed by atoms with Crippen molar-refractivity contribution < 1.29 is 19.1 Å². The number of hydrogen-bond acceptors (Lipinski definition) is 4. The van der Waals surface area contributed by atoms with Gasteiger partial charge in [-0.15, -0.1) is 0 Å². The van der Waals surface area contributed by atoms with Crippen molar-refractivity contribution in [2.45, 2.75) is 13.0 Å². The monoisotopic (exact) mass is 262 g/mol. The summed E-state index contributed by atoms with van der Waals surface area (Å²) in [5, 5.41) is 2.88. The van der Waals surface area contributed by atoms with Gasteiger partial charge in [-0.1, -0.05) is 0 Å². The van der Waals surface area contributed by atoms with Crippen LogP contribution in [0, 0.1) is 0 Å². The van der Waals surface area contributed by atoms with E-state index in [9.17, 15) is 9.59 Å². The van der Waals surface area contributed by atoms with Crippen molar-refractivity contribution in [3.63, 3.8) is 0 Å². The van der Waals surface area contributed by atoms with Crippen molar-refractivity contribution in [3.8, 4) is 11.5 Å². The third-order valence-corrected chi connectivity index (χ3v) is 3.30. The minimum Gasteiger partial charge on any atom is -0.454 e. The van der Waals surface area contributed by atoms with Crippen LogP contribution in [-0.4, -0.2) is 42.6 Å². The molecular formula is C13H14N2O4. The Kier molecular flexibility index (Phi) is 2.77. The number of nitrogens with zero attached hydrogens (tertiary/aromatic N) is 1. The zero-order valence-corrected chi connectivity index (χ0v) is 10.5. The first-order valence-corrected chi connectivity index (χ1v) is 6.09. The normalized spacial score (nSPS) is 17.0. The van der Waals surface area contributed by atoms with Gasteiger partial charge in [-0.2, -0.15) is 0 Å². The lowest BCUT2D eigenvalue weighted by atomic mass is 10.1. The number of rotatable bonds is 2. The highest BCUT2D eigenvalue weighted by molar-refractivity contribution is 5.95. The molecule has 2 aliphatic rings. The molecule has 19 heavy (non-hydrogen) atoms. The number of ether oxygens (including phenoxy) is 2. The molecule has 0 saturated carbocycles. The highest BCUT2D eigenvalue weighted by Crippen LogP contribution is 2.32. The molecule has 3 rings (SSSR count). The number of fused-ring (bicyclic) bond motifs is 1. The van der Waals surface area contributed by atoms with Gasteiger partial charge in [0, 0.05) is 25.6 Å².